The highest BCUT2D eigenvalue weighted by molar-refractivity contribution is 5.94. The predicted octanol–water partition coefficient (Wildman–Crippen LogP) is 0.990. The number of ether oxygens (including phenoxy) is 2. The lowest BCUT2D eigenvalue weighted by Crippen LogP contribution is -2.49. The molecule has 1 amide bonds. The number of nitrogens with one attached hydrogen (secondary N) is 1. The lowest BCUT2D eigenvalue weighted by Gasteiger charge is -2.25. The van der Waals surface area contributed by atoms with E-state index in [-0.39, 0.29) is 12.1 Å². The maximum atomic E-state index is 12.5. The SMILES string of the molecule is CCCCCOc1ccc(C(=O)NC[C@H](O)[C@@H](O)[C@H](O)[C@@H](O)CO)cc1OCCCCC. The van der Waals surface area contributed by atoms with Gasteiger partial charge in [-0.2, -0.15) is 0 Å². The fourth-order valence-electron chi connectivity index (χ4n) is 2.93. The Hall–Kier alpha value is -1.91. The summed E-state index contributed by atoms with van der Waals surface area (Å²) >= 11 is 0. The summed E-state index contributed by atoms with van der Waals surface area (Å²) in [5.74, 6) is 0.516. The van der Waals surface area contributed by atoms with Crippen molar-refractivity contribution in [1.29, 1.82) is 0 Å². The van der Waals surface area contributed by atoms with Crippen LogP contribution in [0.4, 0.5) is 0 Å². The van der Waals surface area contributed by atoms with Gasteiger partial charge in [-0.05, 0) is 31.0 Å². The second-order valence-electron chi connectivity index (χ2n) is 7.78. The van der Waals surface area contributed by atoms with Crippen LogP contribution in [0.1, 0.15) is 62.7 Å². The fourth-order valence-corrected chi connectivity index (χ4v) is 2.93. The van der Waals surface area contributed by atoms with Gasteiger partial charge < -0.3 is 40.3 Å². The number of aliphatic hydroxyl groups is 5. The summed E-state index contributed by atoms with van der Waals surface area (Å²) in [5.41, 5.74) is 0.286. The standard InChI is InChI=1S/C23H39NO8/c1-3-5-7-11-31-19-10-9-16(13-20(19)32-12-8-6-4-2)23(30)24-14-17(26)21(28)22(29)18(27)15-25/h9-10,13,17-18,21-22,25-29H,3-8,11-12,14-15H2,1-2H3,(H,24,30)/t17-,18-,21+,22+/m0/s1. The van der Waals surface area contributed by atoms with Gasteiger partial charge in [-0.15, -0.1) is 0 Å². The van der Waals surface area contributed by atoms with Crippen LogP contribution in [0.5, 0.6) is 11.5 Å². The van der Waals surface area contributed by atoms with Crippen molar-refractivity contribution in [3.63, 3.8) is 0 Å². The smallest absolute Gasteiger partial charge is 0.251 e. The molecule has 4 atom stereocenters. The number of rotatable bonds is 17. The average molecular weight is 458 g/mol. The Balaban J connectivity index is 2.76. The molecule has 9 heteroatoms. The third-order valence-electron chi connectivity index (χ3n) is 5.01. The molecule has 0 radical (unpaired) electrons. The van der Waals surface area contributed by atoms with Crippen LogP contribution in [0.25, 0.3) is 0 Å². The first-order chi connectivity index (χ1) is 15.3. The van der Waals surface area contributed by atoms with Crippen LogP contribution in [0.3, 0.4) is 0 Å². The average Bonchev–Trinajstić information content (AvgIpc) is 2.81. The third-order valence-corrected chi connectivity index (χ3v) is 5.01. The molecule has 0 fully saturated rings. The maximum absolute atomic E-state index is 12.5. The third kappa shape index (κ3) is 9.70. The Kier molecular flexibility index (Phi) is 13.9. The Morgan fingerprint density at radius 2 is 1.44 bits per heavy atom. The summed E-state index contributed by atoms with van der Waals surface area (Å²) in [6.07, 6.45) is -0.597. The normalized spacial score (nSPS) is 15.0. The van der Waals surface area contributed by atoms with E-state index in [9.17, 15) is 25.2 Å². The molecule has 0 saturated carbocycles. The van der Waals surface area contributed by atoms with Gasteiger partial charge in [0, 0.05) is 12.1 Å². The highest BCUT2D eigenvalue weighted by Gasteiger charge is 2.30. The van der Waals surface area contributed by atoms with Gasteiger partial charge in [-0.3, -0.25) is 4.79 Å². The summed E-state index contributed by atoms with van der Waals surface area (Å²) in [5, 5.41) is 50.2. The van der Waals surface area contributed by atoms with Crippen LogP contribution in [0.2, 0.25) is 0 Å². The molecule has 9 nitrogen and oxygen atoms in total. The number of benzene rings is 1. The van der Waals surface area contributed by atoms with E-state index in [1.807, 2.05) is 0 Å². The quantitative estimate of drug-likeness (QED) is 0.190. The van der Waals surface area contributed by atoms with Crippen LogP contribution in [0, 0.1) is 0 Å². The molecular formula is C23H39NO8. The van der Waals surface area contributed by atoms with Gasteiger partial charge >= 0.3 is 0 Å². The molecular weight excluding hydrogens is 418 g/mol. The van der Waals surface area contributed by atoms with E-state index in [0.29, 0.717) is 24.7 Å². The van der Waals surface area contributed by atoms with Crippen LogP contribution >= 0.6 is 0 Å². The monoisotopic (exact) mass is 457 g/mol. The molecule has 0 saturated heterocycles. The highest BCUT2D eigenvalue weighted by atomic mass is 16.5. The van der Waals surface area contributed by atoms with E-state index < -0.39 is 36.9 Å². The summed E-state index contributed by atoms with van der Waals surface area (Å²) < 4.78 is 11.7. The van der Waals surface area contributed by atoms with Crippen molar-refractivity contribution in [1.82, 2.24) is 5.32 Å². The van der Waals surface area contributed by atoms with Crippen molar-refractivity contribution in [2.75, 3.05) is 26.4 Å². The molecule has 0 aromatic heterocycles. The topological polar surface area (TPSA) is 149 Å². The van der Waals surface area contributed by atoms with Crippen LogP contribution in [-0.2, 0) is 0 Å². The van der Waals surface area contributed by atoms with Crippen LogP contribution < -0.4 is 14.8 Å². The van der Waals surface area contributed by atoms with E-state index in [1.54, 1.807) is 18.2 Å². The predicted molar refractivity (Wildman–Crippen MR) is 120 cm³/mol. The minimum absolute atomic E-state index is 0.286. The zero-order chi connectivity index (χ0) is 23.9. The van der Waals surface area contributed by atoms with Crippen molar-refractivity contribution >= 4 is 5.91 Å². The number of carbonyl (C=O) groups excluding carboxylic acids is 1. The second kappa shape index (κ2) is 15.8. The van der Waals surface area contributed by atoms with Crippen molar-refractivity contribution in [2.45, 2.75) is 76.8 Å². The molecule has 184 valence electrons. The van der Waals surface area contributed by atoms with Crippen molar-refractivity contribution in [3.8, 4) is 11.5 Å². The first-order valence-corrected chi connectivity index (χ1v) is 11.4. The van der Waals surface area contributed by atoms with Gasteiger partial charge in [-0.1, -0.05) is 39.5 Å². The zero-order valence-electron chi connectivity index (χ0n) is 19.1. The Morgan fingerprint density at radius 1 is 0.875 bits per heavy atom. The molecule has 0 unspecified atom stereocenters. The Bertz CT molecular complexity index is 657. The molecule has 0 aliphatic rings. The molecule has 6 N–H and O–H groups in total. The summed E-state index contributed by atoms with van der Waals surface area (Å²) in [6.45, 7) is 4.13. The number of unbranched alkanes of at least 4 members (excludes halogenated alkanes) is 4. The molecule has 1 aromatic carbocycles. The first-order valence-electron chi connectivity index (χ1n) is 11.4. The number of carbonyl (C=O) groups is 1. The number of amides is 1. The fraction of sp³-hybridized carbons (Fsp3) is 0.696. The summed E-state index contributed by atoms with van der Waals surface area (Å²) in [7, 11) is 0. The van der Waals surface area contributed by atoms with Crippen molar-refractivity contribution in [3.05, 3.63) is 23.8 Å². The van der Waals surface area contributed by atoms with Crippen LogP contribution in [0.15, 0.2) is 18.2 Å². The first kappa shape index (κ1) is 28.1. The molecule has 1 rings (SSSR count). The number of hydrogen-bond donors (Lipinski definition) is 6. The highest BCUT2D eigenvalue weighted by Crippen LogP contribution is 2.29. The molecule has 0 heterocycles. The number of hydrogen-bond acceptors (Lipinski definition) is 8. The minimum Gasteiger partial charge on any atom is -0.490 e. The maximum Gasteiger partial charge on any atom is 0.251 e. The number of aliphatic hydroxyl groups excluding tert-OH is 5. The zero-order valence-corrected chi connectivity index (χ0v) is 19.1. The lowest BCUT2D eigenvalue weighted by molar-refractivity contribution is -0.113. The molecule has 0 aliphatic carbocycles. The van der Waals surface area contributed by atoms with E-state index in [2.05, 4.69) is 19.2 Å². The van der Waals surface area contributed by atoms with Gasteiger partial charge in [0.25, 0.3) is 5.91 Å². The van der Waals surface area contributed by atoms with Crippen LogP contribution in [-0.4, -0.2) is 82.2 Å². The van der Waals surface area contributed by atoms with Gasteiger partial charge in [0.15, 0.2) is 11.5 Å². The van der Waals surface area contributed by atoms with E-state index in [0.717, 1.165) is 38.5 Å². The molecule has 0 bridgehead atoms. The minimum atomic E-state index is -1.75. The summed E-state index contributed by atoms with van der Waals surface area (Å²) in [4.78, 5) is 12.5. The second-order valence-corrected chi connectivity index (χ2v) is 7.78. The van der Waals surface area contributed by atoms with Crippen molar-refractivity contribution in [2.24, 2.45) is 0 Å². The van der Waals surface area contributed by atoms with Gasteiger partial charge in [0.1, 0.15) is 18.3 Å². The van der Waals surface area contributed by atoms with Crippen molar-refractivity contribution < 1.29 is 39.8 Å². The van der Waals surface area contributed by atoms with E-state index in [1.165, 1.54) is 0 Å². The van der Waals surface area contributed by atoms with E-state index in [4.69, 9.17) is 14.6 Å². The van der Waals surface area contributed by atoms with Gasteiger partial charge in [0.2, 0.25) is 0 Å². The van der Waals surface area contributed by atoms with Gasteiger partial charge in [-0.25, -0.2) is 0 Å². The largest absolute Gasteiger partial charge is 0.490 e. The van der Waals surface area contributed by atoms with Gasteiger partial charge in [0.05, 0.1) is 25.9 Å². The Morgan fingerprint density at radius 3 is 2.00 bits per heavy atom. The summed E-state index contributed by atoms with van der Waals surface area (Å²) in [6, 6.07) is 4.82. The van der Waals surface area contributed by atoms with E-state index >= 15 is 0 Å². The lowest BCUT2D eigenvalue weighted by atomic mass is 10.0. The Labute approximate surface area is 190 Å². The molecule has 0 aliphatic heterocycles. The molecule has 32 heavy (non-hydrogen) atoms. The molecule has 1 aromatic rings. The molecule has 0 spiro atoms.